The Morgan fingerprint density at radius 1 is 1.27 bits per heavy atom. The number of fused-ring (bicyclic) bond motifs is 1. The fourth-order valence-electron chi connectivity index (χ4n) is 3.13. The van der Waals surface area contributed by atoms with Gasteiger partial charge in [0, 0.05) is 28.6 Å². The summed E-state index contributed by atoms with van der Waals surface area (Å²) in [5.41, 5.74) is 1.91. The predicted octanol–water partition coefficient (Wildman–Crippen LogP) is 3.59. The van der Waals surface area contributed by atoms with Crippen LogP contribution in [-0.2, 0) is 6.42 Å². The van der Waals surface area contributed by atoms with Crippen LogP contribution in [0.2, 0.25) is 0 Å². The number of nitrogens with zero attached hydrogens (tertiary/aromatic N) is 6. The van der Waals surface area contributed by atoms with Crippen LogP contribution in [0.3, 0.4) is 0 Å². The molecule has 2 aromatic heterocycles. The van der Waals surface area contributed by atoms with E-state index in [0.717, 1.165) is 40.0 Å². The van der Waals surface area contributed by atoms with Gasteiger partial charge >= 0.3 is 0 Å². The quantitative estimate of drug-likeness (QED) is 0.464. The second-order valence-electron chi connectivity index (χ2n) is 6.83. The first kappa shape index (κ1) is 18.6. The van der Waals surface area contributed by atoms with Gasteiger partial charge in [-0.3, -0.25) is 14.7 Å². The minimum absolute atomic E-state index is 0.545. The highest BCUT2D eigenvalue weighted by molar-refractivity contribution is 7.97. The summed E-state index contributed by atoms with van der Waals surface area (Å²) in [6.45, 7) is 4.65. The van der Waals surface area contributed by atoms with E-state index in [1.807, 2.05) is 43.1 Å². The molecule has 0 fully saturated rings. The minimum atomic E-state index is 0.545. The first-order valence-electron chi connectivity index (χ1n) is 9.59. The lowest BCUT2D eigenvalue weighted by molar-refractivity contribution is 0.513. The van der Waals surface area contributed by atoms with Crippen molar-refractivity contribution in [1.82, 2.24) is 29.6 Å². The summed E-state index contributed by atoms with van der Waals surface area (Å²) in [7, 11) is 0. The van der Waals surface area contributed by atoms with E-state index >= 15 is 0 Å². The number of rotatable bonds is 6. The Morgan fingerprint density at radius 3 is 2.87 bits per heavy atom. The molecule has 1 aromatic carbocycles. The van der Waals surface area contributed by atoms with Crippen molar-refractivity contribution in [3.8, 4) is 11.5 Å². The molecular weight excluding hydrogens is 400 g/mol. The Balaban J connectivity index is 1.33. The van der Waals surface area contributed by atoms with Crippen molar-refractivity contribution in [3.05, 3.63) is 66.3 Å². The molecule has 4 heterocycles. The third-order valence-corrected chi connectivity index (χ3v) is 5.55. The second-order valence-corrected chi connectivity index (χ2v) is 7.96. The number of hydrogen-bond donors (Lipinski definition) is 2. The van der Waals surface area contributed by atoms with Crippen LogP contribution in [0.15, 0.2) is 69.1 Å². The normalized spacial score (nSPS) is 15.9. The van der Waals surface area contributed by atoms with Gasteiger partial charge in [0.25, 0.3) is 11.7 Å². The van der Waals surface area contributed by atoms with Gasteiger partial charge in [0.05, 0.1) is 12.4 Å². The van der Waals surface area contributed by atoms with Crippen molar-refractivity contribution < 1.29 is 4.42 Å². The average Bonchev–Trinajstić information content (AvgIpc) is 3.49. The number of H-pyrrole nitrogens is 1. The summed E-state index contributed by atoms with van der Waals surface area (Å²) in [5.74, 6) is 3.80. The molecule has 2 aliphatic rings. The molecular formula is C20H20N8OS+. The number of aromatic nitrogens is 4. The van der Waals surface area contributed by atoms with Crippen LogP contribution in [-0.4, -0.2) is 37.1 Å². The second kappa shape index (κ2) is 7.81. The van der Waals surface area contributed by atoms with Crippen molar-refractivity contribution in [2.24, 2.45) is 4.99 Å². The zero-order valence-electron chi connectivity index (χ0n) is 16.5. The van der Waals surface area contributed by atoms with Gasteiger partial charge < -0.3 is 4.42 Å². The number of benzene rings is 1. The summed E-state index contributed by atoms with van der Waals surface area (Å²) in [4.78, 5) is 7.61. The maximum Gasteiger partial charge on any atom is 0.285 e. The van der Waals surface area contributed by atoms with Gasteiger partial charge in [-0.25, -0.2) is 0 Å². The Labute approximate surface area is 177 Å². The first-order chi connectivity index (χ1) is 14.7. The monoisotopic (exact) mass is 420 g/mol. The highest BCUT2D eigenvalue weighted by atomic mass is 32.2. The Morgan fingerprint density at radius 2 is 2.13 bits per heavy atom. The van der Waals surface area contributed by atoms with Crippen molar-refractivity contribution >= 4 is 23.6 Å². The topological polar surface area (TPSA) is 101 Å². The highest BCUT2D eigenvalue weighted by Gasteiger charge is 2.37. The van der Waals surface area contributed by atoms with Crippen LogP contribution in [0, 0.1) is 6.92 Å². The maximum atomic E-state index is 5.63. The molecule has 0 amide bonds. The third kappa shape index (κ3) is 3.74. The molecule has 0 saturated carbocycles. The molecule has 3 aromatic rings. The van der Waals surface area contributed by atoms with Gasteiger partial charge in [-0.1, -0.05) is 6.92 Å². The fourth-order valence-corrected chi connectivity index (χ4v) is 3.99. The molecule has 0 spiro atoms. The van der Waals surface area contributed by atoms with E-state index in [9.17, 15) is 0 Å². The molecule has 0 saturated heterocycles. The van der Waals surface area contributed by atoms with Crippen LogP contribution in [0.4, 0.5) is 5.82 Å². The van der Waals surface area contributed by atoms with Crippen LogP contribution in [0.1, 0.15) is 18.5 Å². The average molecular weight is 421 g/mol. The number of aryl methyl sites for hydroxylation is 2. The SMILES string of the molecule is CCc1nnc(-c2ccc(SN3C=C(Nc4cc(C)[nH]n4)[N+]4C=CN=C4C3)cc2)o1. The van der Waals surface area contributed by atoms with E-state index in [-0.39, 0.29) is 0 Å². The molecule has 0 bridgehead atoms. The highest BCUT2D eigenvalue weighted by Crippen LogP contribution is 2.30. The molecule has 10 heteroatoms. The first-order valence-corrected chi connectivity index (χ1v) is 10.4. The van der Waals surface area contributed by atoms with E-state index in [2.05, 4.69) is 53.3 Å². The van der Waals surface area contributed by atoms with Crippen molar-refractivity contribution in [2.45, 2.75) is 25.2 Å². The molecule has 151 valence electrons. The van der Waals surface area contributed by atoms with Crippen LogP contribution in [0.5, 0.6) is 0 Å². The smallest absolute Gasteiger partial charge is 0.285 e. The molecule has 1 radical (unpaired) electrons. The molecule has 2 aliphatic heterocycles. The summed E-state index contributed by atoms with van der Waals surface area (Å²) in [6, 6.07) is 10.1. The van der Waals surface area contributed by atoms with E-state index < -0.39 is 0 Å². The van der Waals surface area contributed by atoms with Crippen LogP contribution < -0.4 is 10.2 Å². The summed E-state index contributed by atoms with van der Waals surface area (Å²) < 4.78 is 7.77. The predicted molar refractivity (Wildman–Crippen MR) is 115 cm³/mol. The number of hydrogen-bond acceptors (Lipinski definition) is 9. The molecule has 0 aliphatic carbocycles. The molecule has 0 unspecified atom stereocenters. The summed E-state index contributed by atoms with van der Waals surface area (Å²) in [6.07, 6.45) is 6.53. The van der Waals surface area contributed by atoms with E-state index in [1.165, 1.54) is 0 Å². The largest absolute Gasteiger partial charge is 0.421 e. The number of amidine groups is 1. The minimum Gasteiger partial charge on any atom is -0.421 e. The number of aromatic amines is 1. The Kier molecular flexibility index (Phi) is 4.85. The summed E-state index contributed by atoms with van der Waals surface area (Å²) in [5, 5.41) is 18.7. The maximum absolute atomic E-state index is 5.63. The zero-order valence-corrected chi connectivity index (χ0v) is 17.3. The van der Waals surface area contributed by atoms with Gasteiger partial charge in [-0.2, -0.15) is 10.1 Å². The van der Waals surface area contributed by atoms with E-state index in [0.29, 0.717) is 18.3 Å². The van der Waals surface area contributed by atoms with Gasteiger partial charge in [0.1, 0.15) is 6.54 Å². The van der Waals surface area contributed by atoms with Crippen molar-refractivity contribution in [1.29, 1.82) is 0 Å². The van der Waals surface area contributed by atoms with E-state index in [1.54, 1.807) is 18.1 Å². The van der Waals surface area contributed by atoms with E-state index in [4.69, 9.17) is 4.42 Å². The molecule has 0 atom stereocenters. The Bertz CT molecular complexity index is 1140. The molecule has 2 N–H and O–H groups in total. The standard InChI is InChI=1S/C20H20N8OS/c1-3-19-25-26-20(29-19)14-4-6-15(7-5-14)30-27-11-17-21-8-9-28(17)18(12-27)22-16-10-13(2)23-24-16/h4-10,12H,3,11H2,1-2H3,(H2,22,23,24)/q+1. The van der Waals surface area contributed by atoms with Gasteiger partial charge in [0.15, 0.2) is 12.0 Å². The lowest BCUT2D eigenvalue weighted by Gasteiger charge is -2.24. The molecule has 5 rings (SSSR count). The lowest BCUT2D eigenvalue weighted by atomic mass is 10.2. The summed E-state index contributed by atoms with van der Waals surface area (Å²) >= 11 is 1.63. The zero-order chi connectivity index (χ0) is 20.5. The lowest BCUT2D eigenvalue weighted by Crippen LogP contribution is -2.42. The molecule has 30 heavy (non-hydrogen) atoms. The van der Waals surface area contributed by atoms with Gasteiger partial charge in [-0.15, -0.1) is 10.2 Å². The van der Waals surface area contributed by atoms with Crippen molar-refractivity contribution in [3.63, 3.8) is 0 Å². The van der Waals surface area contributed by atoms with Gasteiger partial charge in [-0.05, 0) is 48.0 Å². The number of anilines is 1. The van der Waals surface area contributed by atoms with Crippen molar-refractivity contribution in [2.75, 3.05) is 11.9 Å². The molecule has 9 nitrogen and oxygen atoms in total. The Hall–Kier alpha value is -3.37. The fraction of sp³-hybridized carbons (Fsp3) is 0.200. The number of aliphatic imine (C=N–C) groups is 1. The van der Waals surface area contributed by atoms with Crippen LogP contribution >= 0.6 is 11.9 Å². The number of nitrogens with one attached hydrogen (secondary N) is 2. The van der Waals surface area contributed by atoms with Crippen LogP contribution in [0.25, 0.3) is 11.5 Å². The van der Waals surface area contributed by atoms with Gasteiger partial charge in [0.2, 0.25) is 11.8 Å². The third-order valence-electron chi connectivity index (χ3n) is 4.60.